The van der Waals surface area contributed by atoms with Crippen LogP contribution < -0.4 is 5.32 Å². The Morgan fingerprint density at radius 3 is 2.86 bits per heavy atom. The standard InChI is InChI=1S/C11H15ClN2/c1-8-2-3-9(6-8)14-10-4-5-11(12)13-7-10/h4-5,7-9,14H,2-3,6H2,1H3. The number of nitrogens with one attached hydrogen (secondary N) is 1. The molecule has 76 valence electrons. The van der Waals surface area contributed by atoms with Gasteiger partial charge in [-0.05, 0) is 37.3 Å². The lowest BCUT2D eigenvalue weighted by Gasteiger charge is -2.13. The van der Waals surface area contributed by atoms with Gasteiger partial charge in [0.2, 0.25) is 0 Å². The molecule has 0 spiro atoms. The first-order valence-corrected chi connectivity index (χ1v) is 5.50. The van der Waals surface area contributed by atoms with Crippen LogP contribution in [0.15, 0.2) is 18.3 Å². The average Bonchev–Trinajstić information content (AvgIpc) is 2.56. The number of aromatic nitrogens is 1. The van der Waals surface area contributed by atoms with E-state index in [1.54, 1.807) is 6.20 Å². The molecule has 1 fully saturated rings. The summed E-state index contributed by atoms with van der Waals surface area (Å²) in [7, 11) is 0. The number of halogens is 1. The summed E-state index contributed by atoms with van der Waals surface area (Å²) in [5.41, 5.74) is 1.08. The Balaban J connectivity index is 1.94. The summed E-state index contributed by atoms with van der Waals surface area (Å²) >= 11 is 5.71. The summed E-state index contributed by atoms with van der Waals surface area (Å²) in [5, 5.41) is 4.03. The average molecular weight is 211 g/mol. The molecule has 0 radical (unpaired) electrons. The van der Waals surface area contributed by atoms with Crippen LogP contribution in [0, 0.1) is 5.92 Å². The van der Waals surface area contributed by atoms with E-state index in [1.165, 1.54) is 19.3 Å². The summed E-state index contributed by atoms with van der Waals surface area (Å²) in [6.45, 7) is 2.31. The molecule has 1 N–H and O–H groups in total. The first-order chi connectivity index (χ1) is 6.74. The number of hydrogen-bond donors (Lipinski definition) is 1. The zero-order valence-corrected chi connectivity index (χ0v) is 9.09. The van der Waals surface area contributed by atoms with Crippen molar-refractivity contribution < 1.29 is 0 Å². The molecular formula is C11H15ClN2. The molecule has 1 heterocycles. The fraction of sp³-hybridized carbons (Fsp3) is 0.545. The van der Waals surface area contributed by atoms with E-state index < -0.39 is 0 Å². The Labute approximate surface area is 89.7 Å². The van der Waals surface area contributed by atoms with Crippen molar-refractivity contribution in [2.24, 2.45) is 5.92 Å². The maximum atomic E-state index is 5.71. The lowest BCUT2D eigenvalue weighted by molar-refractivity contribution is 0.602. The second-order valence-corrected chi connectivity index (χ2v) is 4.52. The molecule has 0 aliphatic heterocycles. The number of pyridine rings is 1. The maximum absolute atomic E-state index is 5.71. The van der Waals surface area contributed by atoms with Crippen LogP contribution in [-0.4, -0.2) is 11.0 Å². The minimum absolute atomic E-state index is 0.551. The topological polar surface area (TPSA) is 24.9 Å². The second kappa shape index (κ2) is 4.18. The van der Waals surface area contributed by atoms with Crippen LogP contribution in [0.2, 0.25) is 5.15 Å². The van der Waals surface area contributed by atoms with E-state index in [-0.39, 0.29) is 0 Å². The zero-order chi connectivity index (χ0) is 9.97. The molecule has 1 aliphatic rings. The van der Waals surface area contributed by atoms with Gasteiger partial charge in [-0.25, -0.2) is 4.98 Å². The van der Waals surface area contributed by atoms with Crippen molar-refractivity contribution in [3.05, 3.63) is 23.5 Å². The number of hydrogen-bond acceptors (Lipinski definition) is 2. The molecule has 1 aromatic heterocycles. The van der Waals surface area contributed by atoms with Crippen LogP contribution in [0.4, 0.5) is 5.69 Å². The number of anilines is 1. The van der Waals surface area contributed by atoms with Crippen LogP contribution in [0.1, 0.15) is 26.2 Å². The van der Waals surface area contributed by atoms with Crippen molar-refractivity contribution in [3.8, 4) is 0 Å². The fourth-order valence-corrected chi connectivity index (χ4v) is 2.15. The number of nitrogens with zero attached hydrogens (tertiary/aromatic N) is 1. The SMILES string of the molecule is CC1CCC(Nc2ccc(Cl)nc2)C1. The molecule has 2 nitrogen and oxygen atoms in total. The summed E-state index contributed by atoms with van der Waals surface area (Å²) in [6.07, 6.45) is 5.66. The van der Waals surface area contributed by atoms with Gasteiger partial charge < -0.3 is 5.32 Å². The zero-order valence-electron chi connectivity index (χ0n) is 8.33. The van der Waals surface area contributed by atoms with Crippen molar-refractivity contribution >= 4 is 17.3 Å². The van der Waals surface area contributed by atoms with Crippen LogP contribution in [-0.2, 0) is 0 Å². The van der Waals surface area contributed by atoms with E-state index in [9.17, 15) is 0 Å². The molecule has 2 unspecified atom stereocenters. The maximum Gasteiger partial charge on any atom is 0.129 e. The molecule has 1 aromatic rings. The molecule has 0 amide bonds. The Morgan fingerprint density at radius 2 is 2.29 bits per heavy atom. The Morgan fingerprint density at radius 1 is 1.43 bits per heavy atom. The monoisotopic (exact) mass is 210 g/mol. The minimum atomic E-state index is 0.551. The normalized spacial score (nSPS) is 26.4. The third-order valence-electron chi connectivity index (χ3n) is 2.79. The van der Waals surface area contributed by atoms with Gasteiger partial charge in [-0.1, -0.05) is 18.5 Å². The van der Waals surface area contributed by atoms with E-state index in [1.807, 2.05) is 12.1 Å². The highest BCUT2D eigenvalue weighted by molar-refractivity contribution is 6.29. The first-order valence-electron chi connectivity index (χ1n) is 5.12. The summed E-state index contributed by atoms with van der Waals surface area (Å²) in [6, 6.07) is 4.42. The van der Waals surface area contributed by atoms with Crippen molar-refractivity contribution in [3.63, 3.8) is 0 Å². The second-order valence-electron chi connectivity index (χ2n) is 4.13. The van der Waals surface area contributed by atoms with Gasteiger partial charge >= 0.3 is 0 Å². The number of rotatable bonds is 2. The molecule has 1 aliphatic carbocycles. The molecule has 1 saturated carbocycles. The Hall–Kier alpha value is -0.760. The van der Waals surface area contributed by atoms with Gasteiger partial charge in [-0.15, -0.1) is 0 Å². The van der Waals surface area contributed by atoms with Gasteiger partial charge in [0.1, 0.15) is 5.15 Å². The Kier molecular flexibility index (Phi) is 2.92. The molecule has 0 saturated heterocycles. The van der Waals surface area contributed by atoms with E-state index in [2.05, 4.69) is 17.2 Å². The molecule has 14 heavy (non-hydrogen) atoms. The Bertz CT molecular complexity index is 297. The highest BCUT2D eigenvalue weighted by Crippen LogP contribution is 2.27. The lowest BCUT2D eigenvalue weighted by Crippen LogP contribution is -2.15. The van der Waals surface area contributed by atoms with Gasteiger partial charge in [-0.2, -0.15) is 0 Å². The van der Waals surface area contributed by atoms with Crippen LogP contribution >= 0.6 is 11.6 Å². The molecule has 0 bridgehead atoms. The first kappa shape index (κ1) is 9.78. The van der Waals surface area contributed by atoms with E-state index >= 15 is 0 Å². The van der Waals surface area contributed by atoms with Gasteiger partial charge in [0, 0.05) is 6.04 Å². The minimum Gasteiger partial charge on any atom is -0.381 e. The van der Waals surface area contributed by atoms with E-state index in [0.29, 0.717) is 11.2 Å². The molecule has 3 heteroatoms. The third kappa shape index (κ3) is 2.38. The van der Waals surface area contributed by atoms with Crippen molar-refractivity contribution in [1.82, 2.24) is 4.98 Å². The van der Waals surface area contributed by atoms with Crippen molar-refractivity contribution in [2.45, 2.75) is 32.2 Å². The summed E-state index contributed by atoms with van der Waals surface area (Å²) < 4.78 is 0. The molecule has 2 atom stereocenters. The van der Waals surface area contributed by atoms with Gasteiger partial charge in [0.25, 0.3) is 0 Å². The fourth-order valence-electron chi connectivity index (χ4n) is 2.04. The van der Waals surface area contributed by atoms with Gasteiger partial charge in [0.15, 0.2) is 0 Å². The van der Waals surface area contributed by atoms with Crippen LogP contribution in [0.5, 0.6) is 0 Å². The quantitative estimate of drug-likeness (QED) is 0.758. The van der Waals surface area contributed by atoms with Crippen LogP contribution in [0.25, 0.3) is 0 Å². The molecule has 2 rings (SSSR count). The van der Waals surface area contributed by atoms with E-state index in [0.717, 1.165) is 11.6 Å². The highest BCUT2D eigenvalue weighted by Gasteiger charge is 2.20. The summed E-state index contributed by atoms with van der Waals surface area (Å²) in [4.78, 5) is 4.04. The highest BCUT2D eigenvalue weighted by atomic mass is 35.5. The van der Waals surface area contributed by atoms with Crippen molar-refractivity contribution in [2.75, 3.05) is 5.32 Å². The third-order valence-corrected chi connectivity index (χ3v) is 3.02. The predicted molar refractivity (Wildman–Crippen MR) is 59.7 cm³/mol. The largest absolute Gasteiger partial charge is 0.381 e. The summed E-state index contributed by atoms with van der Waals surface area (Å²) in [5.74, 6) is 0.854. The molecular weight excluding hydrogens is 196 g/mol. The van der Waals surface area contributed by atoms with Gasteiger partial charge in [0.05, 0.1) is 11.9 Å². The van der Waals surface area contributed by atoms with Gasteiger partial charge in [-0.3, -0.25) is 0 Å². The smallest absolute Gasteiger partial charge is 0.129 e. The molecule has 0 aromatic carbocycles. The lowest BCUT2D eigenvalue weighted by atomic mass is 10.1. The van der Waals surface area contributed by atoms with Crippen LogP contribution in [0.3, 0.4) is 0 Å². The van der Waals surface area contributed by atoms with Crippen molar-refractivity contribution in [1.29, 1.82) is 0 Å². The predicted octanol–water partition coefficient (Wildman–Crippen LogP) is 3.34. The van der Waals surface area contributed by atoms with E-state index in [4.69, 9.17) is 11.6 Å².